The molecule has 0 bridgehead atoms. The minimum atomic E-state index is -4.97. The average Bonchev–Trinajstić information content (AvgIpc) is 3.10. The maximum atomic E-state index is 13.1. The van der Waals surface area contributed by atoms with E-state index in [1.165, 1.54) is 148 Å². The van der Waals surface area contributed by atoms with Crippen molar-refractivity contribution < 1.29 is 80.2 Å². The Morgan fingerprint density at radius 2 is 0.557 bits per heavy atom. The number of hydrogen-bond donors (Lipinski definition) is 3. The number of rotatable bonds is 74. The van der Waals surface area contributed by atoms with Gasteiger partial charge in [-0.05, 0) is 83.0 Å². The molecule has 0 aliphatic rings. The van der Waals surface area contributed by atoms with E-state index >= 15 is 0 Å². The minimum absolute atomic E-state index is 0.0818. The zero-order valence-electron chi connectivity index (χ0n) is 62.2. The Bertz CT molecular complexity index is 2050. The van der Waals surface area contributed by atoms with E-state index in [1.54, 1.807) is 0 Å². The molecule has 5 atom stereocenters. The third-order valence-corrected chi connectivity index (χ3v) is 18.9. The van der Waals surface area contributed by atoms with E-state index in [0.717, 1.165) is 128 Å². The van der Waals surface area contributed by atoms with Gasteiger partial charge < -0.3 is 33.8 Å². The second-order valence-electron chi connectivity index (χ2n) is 27.2. The highest BCUT2D eigenvalue weighted by molar-refractivity contribution is 7.47. The number of esters is 4. The fourth-order valence-corrected chi connectivity index (χ4v) is 12.6. The topological polar surface area (TPSA) is 237 Å². The second kappa shape index (κ2) is 70.1. The van der Waals surface area contributed by atoms with Crippen LogP contribution in [0.4, 0.5) is 0 Å². The molecule has 0 spiro atoms. The Kier molecular flexibility index (Phi) is 67.9. The van der Waals surface area contributed by atoms with Crippen LogP contribution >= 0.6 is 15.6 Å². The molecule has 19 heteroatoms. The maximum absolute atomic E-state index is 13.1. The standard InChI is InChI=1S/C78H144O17P2/c1-6-9-12-15-18-21-24-27-30-31-32-35-38-41-44-47-54-59-63-77(82)94-73(67-88-75(80)61-56-51-45-42-39-36-33-28-25-22-19-16-13-10-7-2)69-92-96(84,85)90-65-72(79)66-91-97(86,87)93-70-74(68-89-76(81)62-57-52-49-48-50-55-60-71(4)5)95-78(83)64-58-53-46-43-40-37-34-29-26-23-20-17-14-11-8-3/h22-23,25-26,28-29,33-34,71-74,79H,6-21,24,27,30-32,35-70H2,1-5H3,(H,84,85)(H,86,87)/b25-22-,26-23-,33-28-,34-29-/t72-,73-,74-/m1/s1. The fourth-order valence-electron chi connectivity index (χ4n) is 11.0. The van der Waals surface area contributed by atoms with Gasteiger partial charge in [-0.15, -0.1) is 0 Å². The van der Waals surface area contributed by atoms with Crippen LogP contribution < -0.4 is 0 Å². The van der Waals surface area contributed by atoms with Crippen molar-refractivity contribution in [3.05, 3.63) is 48.6 Å². The predicted octanol–water partition coefficient (Wildman–Crippen LogP) is 22.4. The number of phosphoric acid groups is 2. The molecule has 0 aromatic rings. The molecule has 0 radical (unpaired) electrons. The molecule has 0 saturated carbocycles. The van der Waals surface area contributed by atoms with Crippen LogP contribution in [0.2, 0.25) is 0 Å². The molecule has 0 aromatic carbocycles. The number of hydrogen-bond acceptors (Lipinski definition) is 15. The van der Waals surface area contributed by atoms with Gasteiger partial charge in [0.1, 0.15) is 19.3 Å². The summed E-state index contributed by atoms with van der Waals surface area (Å²) in [5.41, 5.74) is 0. The first-order valence-corrected chi connectivity index (χ1v) is 42.3. The molecule has 0 heterocycles. The SMILES string of the molecule is CCCCCC/C=C\C=C/CCCCCCCC(=O)OC[C@H](COP(=O)(O)OC[C@@H](O)COP(=O)(O)OC[C@@H](COC(=O)CCCCCCCCC(C)C)OC(=O)CCCCCCC/C=C\C=C/CCCCCC)OC(=O)CCCCCCCCCCCCCCCCCCCC. The summed E-state index contributed by atoms with van der Waals surface area (Å²) in [7, 11) is -9.94. The van der Waals surface area contributed by atoms with Crippen LogP contribution in [-0.2, 0) is 65.4 Å². The molecule has 17 nitrogen and oxygen atoms in total. The quantitative estimate of drug-likeness (QED) is 0.0169. The lowest BCUT2D eigenvalue weighted by atomic mass is 10.0. The van der Waals surface area contributed by atoms with Crippen LogP contribution in [-0.4, -0.2) is 96.7 Å². The highest BCUT2D eigenvalue weighted by Crippen LogP contribution is 2.45. The van der Waals surface area contributed by atoms with Crippen molar-refractivity contribution in [2.45, 2.75) is 380 Å². The van der Waals surface area contributed by atoms with Gasteiger partial charge >= 0.3 is 39.5 Å². The Labute approximate surface area is 591 Å². The summed E-state index contributed by atoms with van der Waals surface area (Å²) in [6, 6.07) is 0. The van der Waals surface area contributed by atoms with Crippen molar-refractivity contribution in [2.75, 3.05) is 39.6 Å². The van der Waals surface area contributed by atoms with Gasteiger partial charge in [0.15, 0.2) is 12.2 Å². The van der Waals surface area contributed by atoms with Crippen molar-refractivity contribution in [3.63, 3.8) is 0 Å². The average molecular weight is 1420 g/mol. The molecule has 3 N–H and O–H groups in total. The monoisotopic (exact) mass is 1410 g/mol. The largest absolute Gasteiger partial charge is 0.472 e. The Morgan fingerprint density at radius 3 is 0.845 bits per heavy atom. The molecule has 0 rings (SSSR count). The van der Waals surface area contributed by atoms with E-state index < -0.39 is 97.5 Å². The lowest BCUT2D eigenvalue weighted by Crippen LogP contribution is -2.30. The predicted molar refractivity (Wildman–Crippen MR) is 395 cm³/mol. The third-order valence-electron chi connectivity index (χ3n) is 17.0. The van der Waals surface area contributed by atoms with Gasteiger partial charge in [0, 0.05) is 25.7 Å². The van der Waals surface area contributed by atoms with Crippen molar-refractivity contribution in [3.8, 4) is 0 Å². The molecule has 97 heavy (non-hydrogen) atoms. The molecule has 0 fully saturated rings. The van der Waals surface area contributed by atoms with Gasteiger partial charge in [0.25, 0.3) is 0 Å². The van der Waals surface area contributed by atoms with Crippen LogP contribution in [0.1, 0.15) is 362 Å². The van der Waals surface area contributed by atoms with Gasteiger partial charge in [0.2, 0.25) is 0 Å². The summed E-state index contributed by atoms with van der Waals surface area (Å²) in [4.78, 5) is 72.8. The van der Waals surface area contributed by atoms with E-state index in [9.17, 15) is 43.2 Å². The molecule has 2 unspecified atom stereocenters. The van der Waals surface area contributed by atoms with Crippen molar-refractivity contribution in [2.24, 2.45) is 5.92 Å². The normalized spacial score (nSPS) is 14.2. The van der Waals surface area contributed by atoms with E-state index in [-0.39, 0.29) is 25.7 Å². The molecule has 0 amide bonds. The first kappa shape index (κ1) is 94.0. The first-order chi connectivity index (χ1) is 47.0. The zero-order valence-corrected chi connectivity index (χ0v) is 64.0. The van der Waals surface area contributed by atoms with Crippen molar-refractivity contribution in [1.29, 1.82) is 0 Å². The van der Waals surface area contributed by atoms with Crippen LogP contribution in [0, 0.1) is 5.92 Å². The highest BCUT2D eigenvalue weighted by atomic mass is 31.2. The number of allylic oxidation sites excluding steroid dienone is 8. The number of aliphatic hydroxyl groups excluding tert-OH is 1. The van der Waals surface area contributed by atoms with Crippen molar-refractivity contribution in [1.82, 2.24) is 0 Å². The van der Waals surface area contributed by atoms with Crippen LogP contribution in [0.5, 0.6) is 0 Å². The summed E-state index contributed by atoms with van der Waals surface area (Å²) in [5.74, 6) is -1.50. The fraction of sp³-hybridized carbons (Fsp3) is 0.846. The van der Waals surface area contributed by atoms with E-state index in [4.69, 9.17) is 37.0 Å². The maximum Gasteiger partial charge on any atom is 0.472 e. The smallest absolute Gasteiger partial charge is 0.462 e. The van der Waals surface area contributed by atoms with Crippen LogP contribution in [0.3, 0.4) is 0 Å². The molecular formula is C78H144O17P2. The molecule has 0 aromatic heterocycles. The van der Waals surface area contributed by atoms with Crippen LogP contribution in [0.15, 0.2) is 48.6 Å². The van der Waals surface area contributed by atoms with E-state index in [2.05, 4.69) is 83.2 Å². The summed E-state index contributed by atoms with van der Waals surface area (Å²) in [6.45, 7) is 7.08. The summed E-state index contributed by atoms with van der Waals surface area (Å²) in [6.07, 6.45) is 65.6. The van der Waals surface area contributed by atoms with Crippen molar-refractivity contribution >= 4 is 39.5 Å². The minimum Gasteiger partial charge on any atom is -0.462 e. The summed E-state index contributed by atoms with van der Waals surface area (Å²) in [5, 5.41) is 10.6. The molecule has 0 aliphatic carbocycles. The first-order valence-electron chi connectivity index (χ1n) is 39.3. The van der Waals surface area contributed by atoms with E-state index in [1.807, 2.05) is 0 Å². The summed E-state index contributed by atoms with van der Waals surface area (Å²) < 4.78 is 68.5. The highest BCUT2D eigenvalue weighted by Gasteiger charge is 2.30. The molecular weight excluding hydrogens is 1270 g/mol. The third kappa shape index (κ3) is 71.2. The summed E-state index contributed by atoms with van der Waals surface area (Å²) >= 11 is 0. The van der Waals surface area contributed by atoms with Gasteiger partial charge in [-0.3, -0.25) is 37.3 Å². The zero-order chi connectivity index (χ0) is 71.2. The number of aliphatic hydroxyl groups is 1. The molecule has 568 valence electrons. The number of carbonyl (C=O) groups is 4. The van der Waals surface area contributed by atoms with Gasteiger partial charge in [0.05, 0.1) is 26.4 Å². The Morgan fingerprint density at radius 1 is 0.320 bits per heavy atom. The second-order valence-corrected chi connectivity index (χ2v) is 30.1. The van der Waals surface area contributed by atoms with E-state index in [0.29, 0.717) is 31.6 Å². The number of ether oxygens (including phenoxy) is 4. The van der Waals surface area contributed by atoms with Gasteiger partial charge in [-0.25, -0.2) is 9.13 Å². The molecule has 0 saturated heterocycles. The number of carbonyl (C=O) groups excluding carboxylic acids is 4. The van der Waals surface area contributed by atoms with Gasteiger partial charge in [-0.2, -0.15) is 0 Å². The Balaban J connectivity index is 5.30. The van der Waals surface area contributed by atoms with Crippen LogP contribution in [0.25, 0.3) is 0 Å². The lowest BCUT2D eigenvalue weighted by Gasteiger charge is -2.21. The Hall–Kier alpha value is -2.98. The van der Waals surface area contributed by atoms with Gasteiger partial charge in [-0.1, -0.05) is 308 Å². The molecule has 0 aliphatic heterocycles. The number of phosphoric ester groups is 2. The number of unbranched alkanes of at least 4 members (excludes halogenated alkanes) is 40. The lowest BCUT2D eigenvalue weighted by molar-refractivity contribution is -0.161.